The first kappa shape index (κ1) is 17.1. The van der Waals surface area contributed by atoms with Crippen LogP contribution in [0.5, 0.6) is 0 Å². The van der Waals surface area contributed by atoms with Gasteiger partial charge in [-0.2, -0.15) is 0 Å². The number of rotatable bonds is 4. The molecule has 0 bridgehead atoms. The smallest absolute Gasteiger partial charge is 0.187 e. The lowest BCUT2D eigenvalue weighted by Gasteiger charge is -2.41. The van der Waals surface area contributed by atoms with Gasteiger partial charge in [0.25, 0.3) is 0 Å². The third-order valence-electron chi connectivity index (χ3n) is 5.01. The van der Waals surface area contributed by atoms with E-state index in [-0.39, 0.29) is 6.10 Å². The summed E-state index contributed by atoms with van der Waals surface area (Å²) in [6.07, 6.45) is 11.9. The summed E-state index contributed by atoms with van der Waals surface area (Å²) in [4.78, 5) is 13.5. The highest BCUT2D eigenvalue weighted by molar-refractivity contribution is 7.98. The maximum atomic E-state index is 10.6. The molecule has 23 heavy (non-hydrogen) atoms. The molecule has 2 aliphatic heterocycles. The van der Waals surface area contributed by atoms with Crippen molar-refractivity contribution in [1.82, 2.24) is 19.8 Å². The van der Waals surface area contributed by atoms with E-state index in [1.165, 1.54) is 25.7 Å². The monoisotopic (exact) mass is 336 g/mol. The van der Waals surface area contributed by atoms with Gasteiger partial charge in [0.15, 0.2) is 5.16 Å². The van der Waals surface area contributed by atoms with E-state index in [0.29, 0.717) is 6.04 Å². The van der Waals surface area contributed by atoms with Crippen molar-refractivity contribution in [2.45, 2.75) is 56.0 Å². The Balaban J connectivity index is 1.53. The van der Waals surface area contributed by atoms with Gasteiger partial charge >= 0.3 is 0 Å². The number of nitrogens with zero attached hydrogens (tertiary/aromatic N) is 4. The Morgan fingerprint density at radius 1 is 1.13 bits per heavy atom. The molecule has 0 aromatic carbocycles. The zero-order chi connectivity index (χ0) is 16.1. The predicted octanol–water partition coefficient (Wildman–Crippen LogP) is 2.01. The predicted molar refractivity (Wildman–Crippen MR) is 93.5 cm³/mol. The van der Waals surface area contributed by atoms with Gasteiger partial charge in [-0.1, -0.05) is 24.6 Å². The van der Waals surface area contributed by atoms with Gasteiger partial charge in [-0.05, 0) is 38.6 Å². The van der Waals surface area contributed by atoms with Crippen LogP contribution in [0, 0.1) is 0 Å². The Hall–Kier alpha value is -0.690. The Morgan fingerprint density at radius 3 is 2.43 bits per heavy atom. The summed E-state index contributed by atoms with van der Waals surface area (Å²) in [6.45, 7) is 4.95. The number of piperidine rings is 1. The molecule has 1 aromatic rings. The lowest BCUT2D eigenvalue weighted by atomic mass is 9.99. The van der Waals surface area contributed by atoms with Gasteiger partial charge in [0.1, 0.15) is 0 Å². The second-order valence-electron chi connectivity index (χ2n) is 6.69. The van der Waals surface area contributed by atoms with Gasteiger partial charge in [0.05, 0.1) is 6.10 Å². The number of aliphatic hydroxyl groups excluding tert-OH is 1. The minimum absolute atomic E-state index is 0.242. The van der Waals surface area contributed by atoms with Crippen LogP contribution >= 0.6 is 11.8 Å². The van der Waals surface area contributed by atoms with Gasteiger partial charge in [-0.25, -0.2) is 9.97 Å². The maximum Gasteiger partial charge on any atom is 0.187 e. The summed E-state index contributed by atoms with van der Waals surface area (Å²) in [5.41, 5.74) is 1.13. The van der Waals surface area contributed by atoms with E-state index in [9.17, 15) is 5.11 Å². The molecule has 1 N–H and O–H groups in total. The molecule has 0 spiro atoms. The van der Waals surface area contributed by atoms with Crippen molar-refractivity contribution in [1.29, 1.82) is 0 Å². The van der Waals surface area contributed by atoms with Gasteiger partial charge in [0, 0.05) is 43.6 Å². The summed E-state index contributed by atoms with van der Waals surface area (Å²) in [5, 5.41) is 11.4. The minimum atomic E-state index is -0.242. The molecule has 2 aliphatic rings. The molecule has 2 fully saturated rings. The van der Waals surface area contributed by atoms with Gasteiger partial charge in [0.2, 0.25) is 0 Å². The largest absolute Gasteiger partial charge is 0.390 e. The average Bonchev–Trinajstić information content (AvgIpc) is 2.85. The van der Waals surface area contributed by atoms with E-state index in [1.807, 2.05) is 18.6 Å². The van der Waals surface area contributed by atoms with Crippen LogP contribution in [-0.2, 0) is 6.54 Å². The molecule has 0 saturated carbocycles. The lowest BCUT2D eigenvalue weighted by molar-refractivity contribution is -0.0144. The fourth-order valence-electron chi connectivity index (χ4n) is 3.77. The Kier molecular flexibility index (Phi) is 6.28. The summed E-state index contributed by atoms with van der Waals surface area (Å²) >= 11 is 1.56. The molecular formula is C17H28N4OS. The molecule has 6 heteroatoms. The number of thioether (sulfide) groups is 1. The van der Waals surface area contributed by atoms with Crippen LogP contribution in [0.15, 0.2) is 17.6 Å². The summed E-state index contributed by atoms with van der Waals surface area (Å²) in [7, 11) is 0. The first-order chi connectivity index (χ1) is 11.3. The molecule has 0 unspecified atom stereocenters. The van der Waals surface area contributed by atoms with E-state index in [4.69, 9.17) is 0 Å². The fraction of sp³-hybridized carbons (Fsp3) is 0.765. The van der Waals surface area contributed by atoms with E-state index < -0.39 is 0 Å². The van der Waals surface area contributed by atoms with Crippen LogP contribution in [0.1, 0.15) is 37.7 Å². The van der Waals surface area contributed by atoms with Crippen LogP contribution in [0.25, 0.3) is 0 Å². The van der Waals surface area contributed by atoms with Crippen molar-refractivity contribution >= 4 is 11.8 Å². The standard InChI is InChI=1S/C17H28N4OS/c1-23-17-18-10-14(11-19-17)12-20-9-6-15(16(22)13-20)21-7-4-2-3-5-8-21/h10-11,15-16,22H,2-9,12-13H2,1H3/t15-,16-/m1/s1. The quantitative estimate of drug-likeness (QED) is 0.670. The minimum Gasteiger partial charge on any atom is -0.390 e. The Morgan fingerprint density at radius 2 is 1.83 bits per heavy atom. The highest BCUT2D eigenvalue weighted by Gasteiger charge is 2.32. The number of aromatic nitrogens is 2. The van der Waals surface area contributed by atoms with Gasteiger partial charge < -0.3 is 5.11 Å². The van der Waals surface area contributed by atoms with Crippen molar-refractivity contribution in [2.24, 2.45) is 0 Å². The molecule has 5 nitrogen and oxygen atoms in total. The Labute approximate surface area is 143 Å². The molecule has 1 aromatic heterocycles. The average molecular weight is 337 g/mol. The summed E-state index contributed by atoms with van der Waals surface area (Å²) in [6, 6.07) is 0.347. The number of hydrogen-bond acceptors (Lipinski definition) is 6. The first-order valence-electron chi connectivity index (χ1n) is 8.75. The zero-order valence-electron chi connectivity index (χ0n) is 14.0. The first-order valence-corrected chi connectivity index (χ1v) is 9.98. The van der Waals surface area contributed by atoms with Gasteiger partial charge in [-0.3, -0.25) is 9.80 Å². The molecule has 0 radical (unpaired) electrons. The summed E-state index contributed by atoms with van der Waals surface area (Å²) in [5.74, 6) is 0. The molecule has 3 rings (SSSR count). The van der Waals surface area contributed by atoms with Crippen LogP contribution in [0.2, 0.25) is 0 Å². The molecule has 0 aliphatic carbocycles. The fourth-order valence-corrected chi connectivity index (χ4v) is 4.09. The number of likely N-dealkylation sites (tertiary alicyclic amines) is 2. The van der Waals surface area contributed by atoms with Gasteiger partial charge in [-0.15, -0.1) is 0 Å². The van der Waals surface area contributed by atoms with E-state index in [1.54, 1.807) is 11.8 Å². The van der Waals surface area contributed by atoms with Crippen molar-refractivity contribution in [3.63, 3.8) is 0 Å². The highest BCUT2D eigenvalue weighted by Crippen LogP contribution is 2.22. The highest BCUT2D eigenvalue weighted by atomic mass is 32.2. The molecule has 3 heterocycles. The van der Waals surface area contributed by atoms with Crippen LogP contribution in [0.4, 0.5) is 0 Å². The number of hydrogen-bond donors (Lipinski definition) is 1. The van der Waals surface area contributed by atoms with Crippen LogP contribution < -0.4 is 0 Å². The van der Waals surface area contributed by atoms with Crippen LogP contribution in [0.3, 0.4) is 0 Å². The molecule has 2 saturated heterocycles. The van der Waals surface area contributed by atoms with E-state index in [2.05, 4.69) is 19.8 Å². The van der Waals surface area contributed by atoms with Crippen molar-refractivity contribution in [3.05, 3.63) is 18.0 Å². The SMILES string of the molecule is CSc1ncc(CN2CC[C@@H](N3CCCCCC3)[C@H](O)C2)cn1. The summed E-state index contributed by atoms with van der Waals surface area (Å²) < 4.78 is 0. The zero-order valence-corrected chi connectivity index (χ0v) is 14.8. The Bertz CT molecular complexity index is 476. The second kappa shape index (κ2) is 8.42. The van der Waals surface area contributed by atoms with Crippen molar-refractivity contribution in [3.8, 4) is 0 Å². The normalized spacial score (nSPS) is 27.7. The maximum absolute atomic E-state index is 10.6. The number of aliphatic hydroxyl groups is 1. The lowest BCUT2D eigenvalue weighted by Crippen LogP contribution is -2.54. The third kappa shape index (κ3) is 4.66. The van der Waals surface area contributed by atoms with Crippen molar-refractivity contribution < 1.29 is 5.11 Å². The molecule has 2 atom stereocenters. The number of β-amino-alcohol motifs (C(OH)–C–C–N with tert-alkyl or cyclic N) is 1. The second-order valence-corrected chi connectivity index (χ2v) is 7.46. The van der Waals surface area contributed by atoms with Crippen LogP contribution in [-0.4, -0.2) is 69.5 Å². The third-order valence-corrected chi connectivity index (χ3v) is 5.59. The molecule has 128 valence electrons. The molecule has 0 amide bonds. The van der Waals surface area contributed by atoms with E-state index >= 15 is 0 Å². The van der Waals surface area contributed by atoms with Crippen molar-refractivity contribution in [2.75, 3.05) is 32.4 Å². The van der Waals surface area contributed by atoms with E-state index in [0.717, 1.165) is 49.9 Å². The topological polar surface area (TPSA) is 52.5 Å². The molecular weight excluding hydrogens is 308 g/mol.